The van der Waals surface area contributed by atoms with Crippen LogP contribution in [0.25, 0.3) is 0 Å². The minimum absolute atomic E-state index is 0.0483. The number of urea groups is 1. The van der Waals surface area contributed by atoms with Crippen LogP contribution in [0.1, 0.15) is 28.4 Å². The number of halogens is 2. The first kappa shape index (κ1) is 21.5. The van der Waals surface area contributed by atoms with Crippen LogP contribution in [0.15, 0.2) is 12.1 Å². The summed E-state index contributed by atoms with van der Waals surface area (Å²) in [6, 6.07) is 1.41. The van der Waals surface area contributed by atoms with E-state index in [0.29, 0.717) is 0 Å². The minimum Gasteiger partial charge on any atom is -0.471 e. The molecule has 0 bridgehead atoms. The smallest absolute Gasteiger partial charge is 0.319 e. The summed E-state index contributed by atoms with van der Waals surface area (Å²) in [5.41, 5.74) is 5.25. The maximum atomic E-state index is 13.9. The highest BCUT2D eigenvalue weighted by molar-refractivity contribution is 7.11. The van der Waals surface area contributed by atoms with E-state index < -0.39 is 23.6 Å². The number of hydrogen-bond acceptors (Lipinski definition) is 6. The van der Waals surface area contributed by atoms with Crippen molar-refractivity contribution in [2.45, 2.75) is 20.5 Å². The summed E-state index contributed by atoms with van der Waals surface area (Å²) in [7, 11) is 0. The lowest BCUT2D eigenvalue weighted by molar-refractivity contribution is 0.0996. The van der Waals surface area contributed by atoms with E-state index in [1.54, 1.807) is 6.92 Å². The fraction of sp³-hybridized carbons (Fsp3) is 0.353. The van der Waals surface area contributed by atoms with Crippen molar-refractivity contribution in [3.05, 3.63) is 40.5 Å². The van der Waals surface area contributed by atoms with Crippen molar-refractivity contribution in [3.8, 4) is 5.88 Å². The highest BCUT2D eigenvalue weighted by Gasteiger charge is 2.22. The van der Waals surface area contributed by atoms with Gasteiger partial charge in [-0.2, -0.15) is 4.37 Å². The number of benzene rings is 1. The Hall–Kier alpha value is -2.79. The molecule has 1 atom stereocenters. The summed E-state index contributed by atoms with van der Waals surface area (Å²) in [4.78, 5) is 23.6. The number of aliphatic hydroxyl groups excluding tert-OH is 1. The van der Waals surface area contributed by atoms with E-state index in [4.69, 9.17) is 15.6 Å². The summed E-state index contributed by atoms with van der Waals surface area (Å²) in [5.74, 6) is -2.50. The van der Waals surface area contributed by atoms with E-state index in [1.165, 1.54) is 6.92 Å². The fourth-order valence-corrected chi connectivity index (χ4v) is 2.84. The van der Waals surface area contributed by atoms with Gasteiger partial charge in [-0.25, -0.2) is 13.6 Å². The second-order valence-corrected chi connectivity index (χ2v) is 6.93. The monoisotopic (exact) mass is 414 g/mol. The number of ether oxygens (including phenoxy) is 1. The molecule has 2 aromatic rings. The van der Waals surface area contributed by atoms with Crippen LogP contribution in [0.2, 0.25) is 0 Å². The molecule has 1 heterocycles. The van der Waals surface area contributed by atoms with Crippen molar-refractivity contribution in [3.63, 3.8) is 0 Å². The van der Waals surface area contributed by atoms with Crippen LogP contribution in [-0.4, -0.2) is 34.6 Å². The van der Waals surface area contributed by atoms with E-state index in [2.05, 4.69) is 15.0 Å². The molecule has 28 heavy (non-hydrogen) atoms. The van der Waals surface area contributed by atoms with Crippen LogP contribution >= 0.6 is 11.5 Å². The normalized spacial score (nSPS) is 11.8. The Morgan fingerprint density at radius 3 is 2.71 bits per heavy atom. The molecule has 0 spiro atoms. The zero-order valence-electron chi connectivity index (χ0n) is 15.2. The van der Waals surface area contributed by atoms with Gasteiger partial charge in [0.1, 0.15) is 28.8 Å². The Labute approximate surface area is 163 Å². The van der Waals surface area contributed by atoms with Crippen LogP contribution in [0, 0.1) is 24.5 Å². The van der Waals surface area contributed by atoms with Crippen LogP contribution in [0.4, 0.5) is 18.6 Å². The van der Waals surface area contributed by atoms with Gasteiger partial charge in [0.2, 0.25) is 5.88 Å². The third-order valence-corrected chi connectivity index (χ3v) is 4.49. The number of amides is 3. The molecule has 1 unspecified atom stereocenters. The Bertz CT molecular complexity index is 875. The van der Waals surface area contributed by atoms with Crippen molar-refractivity contribution >= 4 is 28.5 Å². The third kappa shape index (κ3) is 5.36. The van der Waals surface area contributed by atoms with E-state index in [0.717, 1.165) is 23.7 Å². The SMILES string of the molecule is Cc1cc(F)c(COc2nsc(NC(=O)NCC(C)CO)c2C(N)=O)cc1F. The first-order chi connectivity index (χ1) is 13.2. The molecule has 11 heteroatoms. The Morgan fingerprint density at radius 1 is 1.36 bits per heavy atom. The van der Waals surface area contributed by atoms with Crippen molar-refractivity contribution < 1.29 is 28.2 Å². The molecule has 8 nitrogen and oxygen atoms in total. The van der Waals surface area contributed by atoms with Gasteiger partial charge in [0.05, 0.1) is 0 Å². The molecule has 0 radical (unpaired) electrons. The van der Waals surface area contributed by atoms with Gasteiger partial charge in [-0.1, -0.05) is 6.92 Å². The summed E-state index contributed by atoms with van der Waals surface area (Å²) >= 11 is 0.753. The summed E-state index contributed by atoms with van der Waals surface area (Å²) < 4.78 is 36.8. The largest absolute Gasteiger partial charge is 0.471 e. The van der Waals surface area contributed by atoms with Gasteiger partial charge in [-0.15, -0.1) is 0 Å². The van der Waals surface area contributed by atoms with Gasteiger partial charge in [-0.05, 0) is 42.1 Å². The molecule has 0 aliphatic heterocycles. The van der Waals surface area contributed by atoms with Crippen LogP contribution in [0.5, 0.6) is 5.88 Å². The number of rotatable bonds is 8. The molecule has 152 valence electrons. The van der Waals surface area contributed by atoms with Crippen molar-refractivity contribution in [1.82, 2.24) is 9.69 Å². The first-order valence-electron chi connectivity index (χ1n) is 8.25. The predicted molar refractivity (Wildman–Crippen MR) is 99.3 cm³/mol. The van der Waals surface area contributed by atoms with Crippen molar-refractivity contribution in [2.24, 2.45) is 11.7 Å². The van der Waals surface area contributed by atoms with Crippen molar-refractivity contribution in [2.75, 3.05) is 18.5 Å². The zero-order chi connectivity index (χ0) is 20.8. The number of hydrogen-bond donors (Lipinski definition) is 4. The summed E-state index contributed by atoms with van der Waals surface area (Å²) in [6.45, 7) is 2.91. The topological polar surface area (TPSA) is 127 Å². The lowest BCUT2D eigenvalue weighted by Gasteiger charge is -2.10. The second kappa shape index (κ2) is 9.42. The molecule has 0 aliphatic rings. The molecule has 3 amide bonds. The average Bonchev–Trinajstić information content (AvgIpc) is 3.04. The molecule has 5 N–H and O–H groups in total. The molecule has 0 fully saturated rings. The van der Waals surface area contributed by atoms with Gasteiger partial charge in [0.15, 0.2) is 0 Å². The molecule has 1 aromatic heterocycles. The third-order valence-electron chi connectivity index (χ3n) is 3.75. The molecule has 0 aliphatic carbocycles. The standard InChI is InChI=1S/C17H20F2N4O4S/c1-8(6-24)5-21-17(26)22-16-13(14(20)25)15(23-28-16)27-7-10-4-11(18)9(2)3-12(10)19/h3-4,8,24H,5-7H2,1-2H3,(H2,20,25)(H2,21,22,26). The molecule has 0 saturated carbocycles. The molecule has 1 aromatic carbocycles. The maximum absolute atomic E-state index is 13.9. The van der Waals surface area contributed by atoms with E-state index in [-0.39, 0.29) is 53.2 Å². The van der Waals surface area contributed by atoms with Crippen LogP contribution in [-0.2, 0) is 6.61 Å². The maximum Gasteiger partial charge on any atom is 0.319 e. The number of aromatic nitrogens is 1. The molecule has 2 rings (SSSR count). The summed E-state index contributed by atoms with van der Waals surface area (Å²) in [5, 5.41) is 13.9. The number of nitrogens with zero attached hydrogens (tertiary/aromatic N) is 1. The minimum atomic E-state index is -0.904. The van der Waals surface area contributed by atoms with Gasteiger partial charge in [0.25, 0.3) is 5.91 Å². The quantitative estimate of drug-likeness (QED) is 0.527. The van der Waals surface area contributed by atoms with E-state index >= 15 is 0 Å². The van der Waals surface area contributed by atoms with Gasteiger partial charge < -0.3 is 20.9 Å². The molecular weight excluding hydrogens is 394 g/mol. The number of primary amides is 1. The number of nitrogens with two attached hydrogens (primary N) is 1. The van der Waals surface area contributed by atoms with Crippen LogP contribution < -0.4 is 21.1 Å². The van der Waals surface area contributed by atoms with Gasteiger partial charge in [0, 0.05) is 18.7 Å². The van der Waals surface area contributed by atoms with E-state index in [1.807, 2.05) is 0 Å². The first-order valence-corrected chi connectivity index (χ1v) is 9.02. The fourth-order valence-electron chi connectivity index (χ4n) is 2.10. The second-order valence-electron chi connectivity index (χ2n) is 6.16. The predicted octanol–water partition coefficient (Wildman–Crippen LogP) is 2.16. The lowest BCUT2D eigenvalue weighted by atomic mass is 10.1. The highest BCUT2D eigenvalue weighted by Crippen LogP contribution is 2.31. The van der Waals surface area contributed by atoms with Crippen molar-refractivity contribution in [1.29, 1.82) is 0 Å². The number of nitrogens with one attached hydrogen (secondary N) is 2. The van der Waals surface area contributed by atoms with Gasteiger partial charge >= 0.3 is 6.03 Å². The number of aliphatic hydroxyl groups is 1. The molecule has 0 saturated heterocycles. The number of carbonyl (C=O) groups excluding carboxylic acids is 2. The highest BCUT2D eigenvalue weighted by atomic mass is 32.1. The van der Waals surface area contributed by atoms with Gasteiger partial charge in [-0.3, -0.25) is 10.1 Å². The van der Waals surface area contributed by atoms with E-state index in [9.17, 15) is 18.4 Å². The number of carbonyl (C=O) groups is 2. The number of aryl methyl sites for hydroxylation is 1. The Balaban J connectivity index is 2.11. The average molecular weight is 414 g/mol. The lowest BCUT2D eigenvalue weighted by Crippen LogP contribution is -2.33. The molecular formula is C17H20F2N4O4S. The summed E-state index contributed by atoms with van der Waals surface area (Å²) in [6.07, 6.45) is 0. The van der Waals surface area contributed by atoms with Crippen LogP contribution in [0.3, 0.4) is 0 Å². The Kier molecular flexibility index (Phi) is 7.24. The zero-order valence-corrected chi connectivity index (χ0v) is 16.0. The Morgan fingerprint density at radius 2 is 2.07 bits per heavy atom. The number of anilines is 1.